The number of nitrogens with zero attached hydrogens (tertiary/aromatic N) is 4. The number of carbonyl (C=O) groups excluding carboxylic acids is 1. The maximum Gasteiger partial charge on any atom is 0.256 e. The lowest BCUT2D eigenvalue weighted by atomic mass is 9.98. The molecule has 3 heterocycles. The van der Waals surface area contributed by atoms with Crippen LogP contribution in [-0.4, -0.2) is 25.1 Å². The van der Waals surface area contributed by atoms with Crippen molar-refractivity contribution in [1.29, 1.82) is 0 Å². The molecular formula is C25H19F2N5O. The normalized spacial score (nSPS) is 11.2. The predicted molar refractivity (Wildman–Crippen MR) is 122 cm³/mol. The number of amides is 1. The third-order valence-corrected chi connectivity index (χ3v) is 5.53. The first-order valence-electron chi connectivity index (χ1n) is 10.2. The van der Waals surface area contributed by atoms with E-state index >= 15 is 0 Å². The summed E-state index contributed by atoms with van der Waals surface area (Å²) in [5.74, 6) is -0.508. The van der Waals surface area contributed by atoms with Crippen molar-refractivity contribution in [1.82, 2.24) is 19.2 Å². The van der Waals surface area contributed by atoms with E-state index in [1.54, 1.807) is 46.9 Å². The largest absolute Gasteiger partial charge is 0.307 e. The lowest BCUT2D eigenvalue weighted by Gasteiger charge is -2.11. The zero-order chi connectivity index (χ0) is 23.1. The van der Waals surface area contributed by atoms with Crippen LogP contribution in [-0.2, 0) is 7.05 Å². The van der Waals surface area contributed by atoms with E-state index in [0.717, 1.165) is 28.3 Å². The van der Waals surface area contributed by atoms with Gasteiger partial charge in [0, 0.05) is 36.5 Å². The summed E-state index contributed by atoms with van der Waals surface area (Å²) in [6, 6.07) is 14.4. The Kier molecular flexibility index (Phi) is 4.97. The summed E-state index contributed by atoms with van der Waals surface area (Å²) in [6.07, 6.45) is 5.07. The Morgan fingerprint density at radius 2 is 1.76 bits per heavy atom. The van der Waals surface area contributed by atoms with Crippen molar-refractivity contribution in [3.05, 3.63) is 95.9 Å². The van der Waals surface area contributed by atoms with Gasteiger partial charge in [0.05, 0.1) is 17.9 Å². The smallest absolute Gasteiger partial charge is 0.256 e. The Morgan fingerprint density at radius 1 is 0.970 bits per heavy atom. The van der Waals surface area contributed by atoms with Gasteiger partial charge in [0.15, 0.2) is 0 Å². The highest BCUT2D eigenvalue weighted by molar-refractivity contribution is 6.04. The van der Waals surface area contributed by atoms with Gasteiger partial charge in [-0.15, -0.1) is 0 Å². The third kappa shape index (κ3) is 3.87. The molecule has 33 heavy (non-hydrogen) atoms. The van der Waals surface area contributed by atoms with Crippen LogP contribution in [0.2, 0.25) is 0 Å². The van der Waals surface area contributed by atoms with Crippen LogP contribution in [0.5, 0.6) is 0 Å². The van der Waals surface area contributed by atoms with Crippen LogP contribution in [0, 0.1) is 18.6 Å². The molecule has 3 aromatic heterocycles. The molecule has 0 aliphatic heterocycles. The van der Waals surface area contributed by atoms with Crippen molar-refractivity contribution in [3.63, 3.8) is 0 Å². The fraction of sp³-hybridized carbons (Fsp3) is 0.0800. The van der Waals surface area contributed by atoms with Crippen molar-refractivity contribution in [2.45, 2.75) is 6.92 Å². The monoisotopic (exact) mass is 443 g/mol. The fourth-order valence-electron chi connectivity index (χ4n) is 3.82. The molecule has 8 heteroatoms. The van der Waals surface area contributed by atoms with E-state index in [1.165, 1.54) is 12.1 Å². The van der Waals surface area contributed by atoms with Crippen LogP contribution in [0.1, 0.15) is 15.9 Å². The van der Waals surface area contributed by atoms with Gasteiger partial charge in [-0.2, -0.15) is 5.10 Å². The minimum absolute atomic E-state index is 0.235. The number of aryl methyl sites for hydroxylation is 2. The summed E-state index contributed by atoms with van der Waals surface area (Å²) >= 11 is 0. The summed E-state index contributed by atoms with van der Waals surface area (Å²) in [5, 5.41) is 6.91. The molecule has 0 bridgehead atoms. The molecule has 0 spiro atoms. The number of pyridine rings is 1. The van der Waals surface area contributed by atoms with Crippen molar-refractivity contribution in [2.24, 2.45) is 7.05 Å². The van der Waals surface area contributed by atoms with Crippen molar-refractivity contribution in [3.8, 4) is 22.5 Å². The molecule has 0 fully saturated rings. The molecule has 0 aliphatic carbocycles. The standard InChI is InChI=1S/C25H19F2N5O/c1-15-3-4-17(25(33)30-23-5-7-29-31(23)2)12-22(15)16-6-8-32-21(11-16)14-28-24(32)18-9-19(26)13-20(27)10-18/h3-14H,1-2H3,(H,30,33). The van der Waals surface area contributed by atoms with Gasteiger partial charge in [-0.1, -0.05) is 6.07 Å². The number of rotatable bonds is 4. The average Bonchev–Trinajstić information content (AvgIpc) is 3.39. The quantitative estimate of drug-likeness (QED) is 0.413. The first kappa shape index (κ1) is 20.6. The SMILES string of the molecule is Cc1ccc(C(=O)Nc2ccnn2C)cc1-c1ccn2c(-c3cc(F)cc(F)c3)ncc2c1. The highest BCUT2D eigenvalue weighted by Gasteiger charge is 2.14. The Morgan fingerprint density at radius 3 is 2.48 bits per heavy atom. The molecule has 0 saturated carbocycles. The number of carbonyl (C=O) groups is 1. The maximum atomic E-state index is 13.7. The number of benzene rings is 2. The molecule has 2 aromatic carbocycles. The van der Waals surface area contributed by atoms with E-state index in [4.69, 9.17) is 0 Å². The Hall–Kier alpha value is -4.33. The molecule has 1 amide bonds. The molecule has 5 rings (SSSR count). The number of nitrogens with one attached hydrogen (secondary N) is 1. The van der Waals surface area contributed by atoms with Gasteiger partial charge in [-0.05, 0) is 60.0 Å². The molecule has 6 nitrogen and oxygen atoms in total. The van der Waals surface area contributed by atoms with E-state index in [9.17, 15) is 13.6 Å². The predicted octanol–water partition coefficient (Wildman–Crippen LogP) is 5.24. The van der Waals surface area contributed by atoms with Crippen molar-refractivity contribution < 1.29 is 13.6 Å². The van der Waals surface area contributed by atoms with Gasteiger partial charge in [0.1, 0.15) is 23.3 Å². The molecule has 0 radical (unpaired) electrons. The summed E-state index contributed by atoms with van der Waals surface area (Å²) in [4.78, 5) is 17.1. The van der Waals surface area contributed by atoms with Gasteiger partial charge in [-0.25, -0.2) is 13.8 Å². The first-order chi connectivity index (χ1) is 15.9. The van der Waals surface area contributed by atoms with Gasteiger partial charge < -0.3 is 5.32 Å². The lowest BCUT2D eigenvalue weighted by Crippen LogP contribution is -2.14. The molecular weight excluding hydrogens is 424 g/mol. The number of imidazole rings is 1. The summed E-state index contributed by atoms with van der Waals surface area (Å²) in [7, 11) is 1.75. The van der Waals surface area contributed by atoms with Crippen LogP contribution in [0.15, 0.2) is 73.2 Å². The molecule has 0 aliphatic rings. The number of hydrogen-bond donors (Lipinski definition) is 1. The minimum atomic E-state index is -0.657. The second-order valence-corrected chi connectivity index (χ2v) is 7.77. The maximum absolute atomic E-state index is 13.7. The fourth-order valence-corrected chi connectivity index (χ4v) is 3.82. The van der Waals surface area contributed by atoms with E-state index in [0.29, 0.717) is 22.8 Å². The Balaban J connectivity index is 1.51. The number of fused-ring (bicyclic) bond motifs is 1. The van der Waals surface area contributed by atoms with Gasteiger partial charge in [-0.3, -0.25) is 13.9 Å². The van der Waals surface area contributed by atoms with Crippen LogP contribution < -0.4 is 5.32 Å². The number of hydrogen-bond acceptors (Lipinski definition) is 3. The summed E-state index contributed by atoms with van der Waals surface area (Å²) < 4.78 is 30.7. The Labute approximate surface area is 188 Å². The molecule has 1 N–H and O–H groups in total. The molecule has 0 saturated heterocycles. The molecule has 164 valence electrons. The highest BCUT2D eigenvalue weighted by atomic mass is 19.1. The van der Waals surface area contributed by atoms with Gasteiger partial charge in [0.25, 0.3) is 5.91 Å². The summed E-state index contributed by atoms with van der Waals surface area (Å²) in [6.45, 7) is 1.97. The lowest BCUT2D eigenvalue weighted by molar-refractivity contribution is 0.102. The van der Waals surface area contributed by atoms with Crippen LogP contribution in [0.25, 0.3) is 28.0 Å². The molecule has 5 aromatic rings. The number of halogens is 2. The van der Waals surface area contributed by atoms with E-state index in [2.05, 4.69) is 15.4 Å². The van der Waals surface area contributed by atoms with E-state index < -0.39 is 11.6 Å². The van der Waals surface area contributed by atoms with Gasteiger partial charge >= 0.3 is 0 Å². The number of aromatic nitrogens is 4. The van der Waals surface area contributed by atoms with Crippen LogP contribution in [0.3, 0.4) is 0 Å². The Bertz CT molecular complexity index is 1500. The highest BCUT2D eigenvalue weighted by Crippen LogP contribution is 2.29. The minimum Gasteiger partial charge on any atom is -0.307 e. The zero-order valence-electron chi connectivity index (χ0n) is 17.9. The topological polar surface area (TPSA) is 64.2 Å². The van der Waals surface area contributed by atoms with Gasteiger partial charge in [0.2, 0.25) is 0 Å². The third-order valence-electron chi connectivity index (χ3n) is 5.53. The van der Waals surface area contributed by atoms with Crippen LogP contribution in [0.4, 0.5) is 14.6 Å². The average molecular weight is 443 g/mol. The van der Waals surface area contributed by atoms with Crippen molar-refractivity contribution in [2.75, 3.05) is 5.32 Å². The van der Waals surface area contributed by atoms with Crippen molar-refractivity contribution >= 4 is 17.2 Å². The van der Waals surface area contributed by atoms with E-state index in [1.807, 2.05) is 31.2 Å². The van der Waals surface area contributed by atoms with E-state index in [-0.39, 0.29) is 5.91 Å². The second kappa shape index (κ2) is 7.98. The zero-order valence-corrected chi connectivity index (χ0v) is 17.9. The van der Waals surface area contributed by atoms with Crippen LogP contribution >= 0.6 is 0 Å². The molecule has 0 atom stereocenters. The first-order valence-corrected chi connectivity index (χ1v) is 10.2. The number of anilines is 1. The summed E-state index contributed by atoms with van der Waals surface area (Å²) in [5.41, 5.74) is 4.42. The molecule has 0 unspecified atom stereocenters. The second-order valence-electron chi connectivity index (χ2n) is 7.77.